The Hall–Kier alpha value is -2.20. The molecule has 2 amide bonds. The van der Waals surface area contributed by atoms with Gasteiger partial charge in [0.05, 0.1) is 28.6 Å². The van der Waals surface area contributed by atoms with Crippen LogP contribution in [0.1, 0.15) is 18.4 Å². The Labute approximate surface area is 224 Å². The number of halogens is 2. The van der Waals surface area contributed by atoms with E-state index >= 15 is 0 Å². The first-order valence-electron chi connectivity index (χ1n) is 11.9. The summed E-state index contributed by atoms with van der Waals surface area (Å²) in [7, 11) is 0. The van der Waals surface area contributed by atoms with E-state index in [1.54, 1.807) is 18.2 Å². The Morgan fingerprint density at radius 2 is 2.14 bits per heavy atom. The minimum Gasteiger partial charge on any atom is -0.461 e. The number of ether oxygens (including phenoxy) is 2. The van der Waals surface area contributed by atoms with Gasteiger partial charge in [0, 0.05) is 24.5 Å². The van der Waals surface area contributed by atoms with Gasteiger partial charge < -0.3 is 24.4 Å². The monoisotopic (exact) mass is 580 g/mol. The summed E-state index contributed by atoms with van der Waals surface area (Å²) in [6, 6.07) is 4.34. The van der Waals surface area contributed by atoms with Crippen LogP contribution >= 0.6 is 27.5 Å². The van der Waals surface area contributed by atoms with Crippen LogP contribution in [0.15, 0.2) is 43.5 Å². The first kappa shape index (κ1) is 26.9. The fourth-order valence-corrected chi connectivity index (χ4v) is 7.20. The number of esters is 1. The highest BCUT2D eigenvalue weighted by Crippen LogP contribution is 2.60. The molecule has 0 radical (unpaired) electrons. The van der Waals surface area contributed by atoms with Gasteiger partial charge in [0.15, 0.2) is 0 Å². The van der Waals surface area contributed by atoms with Crippen LogP contribution in [0.5, 0.6) is 0 Å². The third kappa shape index (κ3) is 4.20. The Bertz CT molecular complexity index is 1060. The minimum atomic E-state index is -1.23. The van der Waals surface area contributed by atoms with E-state index in [2.05, 4.69) is 29.1 Å². The van der Waals surface area contributed by atoms with Crippen molar-refractivity contribution in [3.63, 3.8) is 0 Å². The van der Waals surface area contributed by atoms with Gasteiger partial charge in [-0.05, 0) is 31.4 Å². The van der Waals surface area contributed by atoms with Gasteiger partial charge in [-0.3, -0.25) is 14.4 Å². The van der Waals surface area contributed by atoms with Crippen molar-refractivity contribution in [1.29, 1.82) is 0 Å². The van der Waals surface area contributed by atoms with E-state index in [4.69, 9.17) is 21.1 Å². The molecule has 1 aromatic rings. The maximum absolute atomic E-state index is 14.4. The zero-order valence-electron chi connectivity index (χ0n) is 20.1. The summed E-state index contributed by atoms with van der Waals surface area (Å²) in [5, 5.41) is 9.90. The first-order chi connectivity index (χ1) is 17.2. The molecule has 1 aromatic carbocycles. The highest BCUT2D eigenvalue weighted by molar-refractivity contribution is 9.09. The lowest BCUT2D eigenvalue weighted by atomic mass is 9.70. The fraction of sp³-hybridized carbons (Fsp3) is 0.500. The molecule has 1 N–H and O–H groups in total. The number of carbonyl (C=O) groups excluding carboxylic acids is 3. The molecule has 3 heterocycles. The number of amides is 2. The number of hydrogen-bond acceptors (Lipinski definition) is 6. The van der Waals surface area contributed by atoms with Crippen molar-refractivity contribution in [3.8, 4) is 0 Å². The molecule has 4 rings (SSSR count). The molecule has 6 atom stereocenters. The Balaban J connectivity index is 1.81. The van der Waals surface area contributed by atoms with E-state index < -0.39 is 35.6 Å². The van der Waals surface area contributed by atoms with Gasteiger partial charge in [0.2, 0.25) is 5.91 Å². The van der Waals surface area contributed by atoms with Crippen LogP contribution in [0.4, 0.5) is 5.69 Å². The molecule has 36 heavy (non-hydrogen) atoms. The lowest BCUT2D eigenvalue weighted by Gasteiger charge is -2.37. The number of benzene rings is 1. The average molecular weight is 582 g/mol. The van der Waals surface area contributed by atoms with Crippen molar-refractivity contribution in [2.45, 2.75) is 42.3 Å². The van der Waals surface area contributed by atoms with Crippen molar-refractivity contribution >= 4 is 51.0 Å². The van der Waals surface area contributed by atoms with Crippen LogP contribution in [0, 0.1) is 18.8 Å². The number of rotatable bonds is 10. The van der Waals surface area contributed by atoms with Crippen molar-refractivity contribution in [2.75, 3.05) is 31.2 Å². The van der Waals surface area contributed by atoms with Gasteiger partial charge in [0.1, 0.15) is 18.2 Å². The highest BCUT2D eigenvalue weighted by atomic mass is 79.9. The predicted octanol–water partition coefficient (Wildman–Crippen LogP) is 3.03. The standard InChI is InChI=1S/C26H30BrClN2O6/c1-4-10-29(20-15(3)8-6-9-17(20)28)24(33)22-26-14-16(27)21(36-26)18(25(34)35-13-5-2)19(26)23(32)30(22)11-7-12-31/h4-6,8-9,16,18-19,21-22,31H,1-2,7,10-14H2,3H3/t16?,18-,19+,21-,22?,26?/m1/s1. The molecule has 3 aliphatic rings. The Morgan fingerprint density at radius 1 is 1.39 bits per heavy atom. The van der Waals surface area contributed by atoms with E-state index in [0.717, 1.165) is 5.56 Å². The normalized spacial score (nSPS) is 30.3. The van der Waals surface area contributed by atoms with E-state index in [1.807, 2.05) is 13.0 Å². The zero-order valence-corrected chi connectivity index (χ0v) is 22.4. The first-order valence-corrected chi connectivity index (χ1v) is 13.2. The Kier molecular flexibility index (Phi) is 7.95. The summed E-state index contributed by atoms with van der Waals surface area (Å²) in [6.45, 7) is 9.40. The van der Waals surface area contributed by atoms with E-state index in [0.29, 0.717) is 17.1 Å². The maximum Gasteiger partial charge on any atom is 0.312 e. The quantitative estimate of drug-likeness (QED) is 0.259. The molecule has 0 aromatic heterocycles. The lowest BCUT2D eigenvalue weighted by Crippen LogP contribution is -2.57. The van der Waals surface area contributed by atoms with Crippen LogP contribution in [0.2, 0.25) is 5.02 Å². The number of anilines is 1. The predicted molar refractivity (Wildman–Crippen MR) is 139 cm³/mol. The SMILES string of the molecule is C=CCOC(=O)[C@H]1[C@@H]2OC3(CC2Br)C(C(=O)N(CC=C)c2c(C)cccc2Cl)N(CCCO)C(=O)[C@H]13. The summed E-state index contributed by atoms with van der Waals surface area (Å²) in [5.41, 5.74) is 0.0942. The molecule has 3 fully saturated rings. The fourth-order valence-electron chi connectivity index (χ4n) is 5.93. The number of hydrogen-bond donors (Lipinski definition) is 1. The highest BCUT2D eigenvalue weighted by Gasteiger charge is 2.77. The number of fused-ring (bicyclic) bond motifs is 1. The number of aryl methyl sites for hydroxylation is 1. The molecule has 3 saturated heterocycles. The summed E-state index contributed by atoms with van der Waals surface area (Å²) in [6.07, 6.45) is 3.09. The van der Waals surface area contributed by atoms with Crippen LogP contribution in [0.25, 0.3) is 0 Å². The summed E-state index contributed by atoms with van der Waals surface area (Å²) in [4.78, 5) is 44.0. The third-order valence-corrected chi connectivity index (χ3v) is 8.38. The van der Waals surface area contributed by atoms with Crippen LogP contribution in [-0.4, -0.2) is 76.7 Å². The van der Waals surface area contributed by atoms with Crippen LogP contribution < -0.4 is 4.90 Å². The third-order valence-electron chi connectivity index (χ3n) is 7.23. The lowest BCUT2D eigenvalue weighted by molar-refractivity contribution is -0.153. The number of carbonyl (C=O) groups is 3. The molecule has 10 heteroatoms. The molecular formula is C26H30BrClN2O6. The van der Waals surface area contributed by atoms with Gasteiger partial charge in [-0.1, -0.05) is 58.4 Å². The summed E-state index contributed by atoms with van der Waals surface area (Å²) in [5.74, 6) is -3.01. The molecule has 194 valence electrons. The summed E-state index contributed by atoms with van der Waals surface area (Å²) < 4.78 is 11.8. The van der Waals surface area contributed by atoms with Gasteiger partial charge in [-0.2, -0.15) is 0 Å². The van der Waals surface area contributed by atoms with E-state index in [9.17, 15) is 19.5 Å². The van der Waals surface area contributed by atoms with Crippen LogP contribution in [0.3, 0.4) is 0 Å². The second-order valence-corrected chi connectivity index (χ2v) is 10.9. The second-order valence-electron chi connectivity index (χ2n) is 9.33. The van der Waals surface area contributed by atoms with Gasteiger partial charge in [-0.25, -0.2) is 0 Å². The minimum absolute atomic E-state index is 0.0123. The number of nitrogens with zero attached hydrogens (tertiary/aromatic N) is 2. The van der Waals surface area contributed by atoms with Crippen molar-refractivity contribution < 1.29 is 29.0 Å². The van der Waals surface area contributed by atoms with Gasteiger partial charge in [0.25, 0.3) is 5.91 Å². The van der Waals surface area contributed by atoms with E-state index in [1.165, 1.54) is 15.9 Å². The smallest absolute Gasteiger partial charge is 0.312 e. The number of aliphatic hydroxyl groups is 1. The molecule has 3 unspecified atom stereocenters. The van der Waals surface area contributed by atoms with Crippen molar-refractivity contribution in [3.05, 3.63) is 54.1 Å². The largest absolute Gasteiger partial charge is 0.461 e. The Morgan fingerprint density at radius 3 is 2.78 bits per heavy atom. The topological polar surface area (TPSA) is 96.4 Å². The average Bonchev–Trinajstić information content (AvgIpc) is 3.43. The number of likely N-dealkylation sites (tertiary alicyclic amines) is 1. The van der Waals surface area contributed by atoms with Gasteiger partial charge in [-0.15, -0.1) is 6.58 Å². The number of aliphatic hydroxyl groups excluding tert-OH is 1. The van der Waals surface area contributed by atoms with Gasteiger partial charge >= 0.3 is 5.97 Å². The second kappa shape index (κ2) is 10.7. The maximum atomic E-state index is 14.4. The molecular weight excluding hydrogens is 552 g/mol. The molecule has 8 nitrogen and oxygen atoms in total. The molecule has 1 spiro atoms. The van der Waals surface area contributed by atoms with E-state index in [-0.39, 0.29) is 49.4 Å². The molecule has 0 aliphatic carbocycles. The zero-order chi connectivity index (χ0) is 26.2. The number of para-hydroxylation sites is 1. The van der Waals surface area contributed by atoms with Crippen molar-refractivity contribution in [1.82, 2.24) is 4.90 Å². The van der Waals surface area contributed by atoms with Crippen LogP contribution in [-0.2, 0) is 23.9 Å². The van der Waals surface area contributed by atoms with Crippen molar-refractivity contribution in [2.24, 2.45) is 11.8 Å². The molecule has 0 saturated carbocycles. The molecule has 3 aliphatic heterocycles. The molecule has 2 bridgehead atoms. The number of alkyl halides is 1. The summed E-state index contributed by atoms with van der Waals surface area (Å²) >= 11 is 10.2.